The molecule has 0 radical (unpaired) electrons. The smallest absolute Gasteiger partial charge is 0.211 e. The first-order chi connectivity index (χ1) is 12.8. The van der Waals surface area contributed by atoms with Gasteiger partial charge in [0.1, 0.15) is 6.33 Å². The molecule has 3 aromatic rings. The third kappa shape index (κ3) is 3.30. The molecule has 0 bridgehead atoms. The standard InChI is InChI=1S/C16H19N7O2S/c24-7-6-21-2-4-22(5-3-21)14-13-15(19-10-18-14)23(11-20-13)9-12(25)16-17-1-8-26-16/h1,8,10-11,24H,2-7,9H2. The van der Waals surface area contributed by atoms with Crippen molar-refractivity contribution in [1.82, 2.24) is 29.4 Å². The molecule has 0 saturated carbocycles. The summed E-state index contributed by atoms with van der Waals surface area (Å²) in [5.74, 6) is 0.733. The van der Waals surface area contributed by atoms with E-state index in [1.54, 1.807) is 22.5 Å². The van der Waals surface area contributed by atoms with Gasteiger partial charge >= 0.3 is 0 Å². The van der Waals surface area contributed by atoms with Gasteiger partial charge in [-0.25, -0.2) is 19.9 Å². The van der Waals surface area contributed by atoms with Crippen LogP contribution in [0.3, 0.4) is 0 Å². The molecule has 1 aliphatic heterocycles. The Bertz CT molecular complexity index is 887. The van der Waals surface area contributed by atoms with Crippen LogP contribution in [-0.2, 0) is 6.54 Å². The van der Waals surface area contributed by atoms with Crippen molar-refractivity contribution in [3.8, 4) is 0 Å². The van der Waals surface area contributed by atoms with E-state index in [1.165, 1.54) is 17.7 Å². The third-order valence-electron chi connectivity index (χ3n) is 4.45. The summed E-state index contributed by atoms with van der Waals surface area (Å²) in [4.78, 5) is 34.0. The first-order valence-electron chi connectivity index (χ1n) is 8.43. The molecular weight excluding hydrogens is 354 g/mol. The second-order valence-electron chi connectivity index (χ2n) is 6.05. The fourth-order valence-corrected chi connectivity index (χ4v) is 3.69. The number of fused-ring (bicyclic) bond motifs is 1. The lowest BCUT2D eigenvalue weighted by atomic mass is 10.3. The van der Waals surface area contributed by atoms with E-state index in [4.69, 9.17) is 5.11 Å². The van der Waals surface area contributed by atoms with Crippen molar-refractivity contribution in [2.24, 2.45) is 0 Å². The Kier molecular flexibility index (Phi) is 4.87. The summed E-state index contributed by atoms with van der Waals surface area (Å²) >= 11 is 1.33. The molecule has 1 fully saturated rings. The monoisotopic (exact) mass is 373 g/mol. The van der Waals surface area contributed by atoms with Crippen molar-refractivity contribution in [1.29, 1.82) is 0 Å². The maximum absolute atomic E-state index is 12.3. The highest BCUT2D eigenvalue weighted by Crippen LogP contribution is 2.23. The zero-order valence-corrected chi connectivity index (χ0v) is 15.0. The van der Waals surface area contributed by atoms with Crippen LogP contribution in [0.25, 0.3) is 11.2 Å². The van der Waals surface area contributed by atoms with E-state index < -0.39 is 0 Å². The summed E-state index contributed by atoms with van der Waals surface area (Å²) in [5.41, 5.74) is 1.35. The van der Waals surface area contributed by atoms with Crippen molar-refractivity contribution >= 4 is 34.1 Å². The Hall–Kier alpha value is -2.43. The van der Waals surface area contributed by atoms with Gasteiger partial charge in [0.15, 0.2) is 22.0 Å². The number of piperazine rings is 1. The Morgan fingerprint density at radius 1 is 1.15 bits per heavy atom. The zero-order chi connectivity index (χ0) is 17.9. The first kappa shape index (κ1) is 17.0. The number of thiazole rings is 1. The number of β-amino-alcohol motifs (C(OH)–C–C–N with tert-alkyl or cyclic N) is 1. The van der Waals surface area contributed by atoms with E-state index >= 15 is 0 Å². The molecule has 4 heterocycles. The molecule has 1 saturated heterocycles. The van der Waals surface area contributed by atoms with Gasteiger partial charge < -0.3 is 14.6 Å². The number of ketones is 1. The molecule has 0 aromatic carbocycles. The van der Waals surface area contributed by atoms with Crippen molar-refractivity contribution < 1.29 is 9.90 Å². The van der Waals surface area contributed by atoms with Crippen LogP contribution in [0.4, 0.5) is 5.82 Å². The number of anilines is 1. The van der Waals surface area contributed by atoms with Gasteiger partial charge in [-0.15, -0.1) is 11.3 Å². The molecule has 26 heavy (non-hydrogen) atoms. The highest BCUT2D eigenvalue weighted by molar-refractivity contribution is 7.11. The van der Waals surface area contributed by atoms with Gasteiger partial charge in [0.2, 0.25) is 5.78 Å². The number of carbonyl (C=O) groups excluding carboxylic acids is 1. The molecule has 9 nitrogen and oxygen atoms in total. The van der Waals surface area contributed by atoms with Crippen LogP contribution in [0.2, 0.25) is 0 Å². The second kappa shape index (κ2) is 7.44. The fourth-order valence-electron chi connectivity index (χ4n) is 3.12. The average Bonchev–Trinajstić information content (AvgIpc) is 3.33. The number of aromatic nitrogens is 5. The van der Waals surface area contributed by atoms with Crippen molar-refractivity contribution in [3.05, 3.63) is 29.2 Å². The van der Waals surface area contributed by atoms with E-state index in [9.17, 15) is 4.79 Å². The van der Waals surface area contributed by atoms with Gasteiger partial charge in [0.05, 0.1) is 19.5 Å². The van der Waals surface area contributed by atoms with Gasteiger partial charge in [-0.1, -0.05) is 0 Å². The topological polar surface area (TPSA) is 100 Å². The summed E-state index contributed by atoms with van der Waals surface area (Å²) in [5, 5.41) is 11.3. The Morgan fingerprint density at radius 2 is 2.00 bits per heavy atom. The van der Waals surface area contributed by atoms with E-state index in [2.05, 4.69) is 29.7 Å². The van der Waals surface area contributed by atoms with Crippen molar-refractivity contribution in [2.45, 2.75) is 6.54 Å². The number of rotatable bonds is 6. The molecule has 10 heteroatoms. The van der Waals surface area contributed by atoms with Gasteiger partial charge in [0.25, 0.3) is 0 Å². The highest BCUT2D eigenvalue weighted by Gasteiger charge is 2.22. The first-order valence-corrected chi connectivity index (χ1v) is 9.31. The predicted molar refractivity (Wildman–Crippen MR) is 97.5 cm³/mol. The van der Waals surface area contributed by atoms with E-state index in [-0.39, 0.29) is 18.9 Å². The quantitative estimate of drug-likeness (QED) is 0.615. The molecular formula is C16H19N7O2S. The molecule has 1 aliphatic rings. The van der Waals surface area contributed by atoms with E-state index in [0.29, 0.717) is 22.7 Å². The summed E-state index contributed by atoms with van der Waals surface area (Å²) in [6.45, 7) is 4.40. The van der Waals surface area contributed by atoms with Crippen LogP contribution in [0.5, 0.6) is 0 Å². The fraction of sp³-hybridized carbons (Fsp3) is 0.438. The van der Waals surface area contributed by atoms with Crippen molar-refractivity contribution in [2.75, 3.05) is 44.2 Å². The lowest BCUT2D eigenvalue weighted by Gasteiger charge is -2.34. The van der Waals surface area contributed by atoms with E-state index in [0.717, 1.165) is 32.0 Å². The highest BCUT2D eigenvalue weighted by atomic mass is 32.1. The summed E-state index contributed by atoms with van der Waals surface area (Å²) in [6, 6.07) is 0. The molecule has 0 unspecified atom stereocenters. The summed E-state index contributed by atoms with van der Waals surface area (Å²) in [7, 11) is 0. The Labute approximate surface area is 153 Å². The molecule has 0 aliphatic carbocycles. The third-order valence-corrected chi connectivity index (χ3v) is 5.27. The maximum atomic E-state index is 12.3. The van der Waals surface area contributed by atoms with Crippen LogP contribution >= 0.6 is 11.3 Å². The van der Waals surface area contributed by atoms with Crippen LogP contribution < -0.4 is 4.90 Å². The lowest BCUT2D eigenvalue weighted by molar-refractivity contribution is 0.0973. The van der Waals surface area contributed by atoms with Crippen molar-refractivity contribution in [3.63, 3.8) is 0 Å². The van der Waals surface area contributed by atoms with Gasteiger partial charge in [0, 0.05) is 44.3 Å². The van der Waals surface area contributed by atoms with Gasteiger partial charge in [-0.05, 0) is 0 Å². The zero-order valence-electron chi connectivity index (χ0n) is 14.2. The largest absolute Gasteiger partial charge is 0.395 e. The predicted octanol–water partition coefficient (Wildman–Crippen LogP) is 0.280. The lowest BCUT2D eigenvalue weighted by Crippen LogP contribution is -2.47. The minimum atomic E-state index is -0.0583. The molecule has 1 N–H and O–H groups in total. The Balaban J connectivity index is 1.55. The van der Waals surface area contributed by atoms with Crippen LogP contribution in [0.15, 0.2) is 24.2 Å². The maximum Gasteiger partial charge on any atom is 0.211 e. The number of nitrogens with zero attached hydrogens (tertiary/aromatic N) is 7. The average molecular weight is 373 g/mol. The van der Waals surface area contributed by atoms with Gasteiger partial charge in [-0.3, -0.25) is 9.69 Å². The molecule has 0 spiro atoms. The molecule has 0 atom stereocenters. The summed E-state index contributed by atoms with van der Waals surface area (Å²) in [6.07, 6.45) is 4.78. The number of carbonyl (C=O) groups is 1. The number of hydrogen-bond acceptors (Lipinski definition) is 9. The van der Waals surface area contributed by atoms with Crippen LogP contribution in [0.1, 0.15) is 9.80 Å². The molecule has 136 valence electrons. The molecule has 3 aromatic heterocycles. The molecule has 4 rings (SSSR count). The minimum Gasteiger partial charge on any atom is -0.395 e. The second-order valence-corrected chi connectivity index (χ2v) is 6.95. The van der Waals surface area contributed by atoms with E-state index in [1.807, 2.05) is 0 Å². The Morgan fingerprint density at radius 3 is 2.73 bits per heavy atom. The number of hydrogen-bond donors (Lipinski definition) is 1. The van der Waals surface area contributed by atoms with Gasteiger partial charge in [-0.2, -0.15) is 0 Å². The number of Topliss-reactive ketones (excluding diaryl/α,β-unsaturated/α-hetero) is 1. The molecule has 0 amide bonds. The van der Waals surface area contributed by atoms with Crippen LogP contribution in [-0.4, -0.2) is 79.6 Å². The number of imidazole rings is 1. The number of aliphatic hydroxyl groups is 1. The summed E-state index contributed by atoms with van der Waals surface area (Å²) < 4.78 is 1.74. The normalized spacial score (nSPS) is 15.7. The minimum absolute atomic E-state index is 0.0583. The SMILES string of the molecule is O=C(Cn1cnc2c(N3CCN(CCO)CC3)ncnc21)c1nccs1. The number of aliphatic hydroxyl groups excluding tert-OH is 1. The van der Waals surface area contributed by atoms with Crippen LogP contribution in [0, 0.1) is 0 Å².